The van der Waals surface area contributed by atoms with E-state index in [4.69, 9.17) is 9.79 Å². The van der Waals surface area contributed by atoms with Gasteiger partial charge in [-0.25, -0.2) is 9.36 Å². The number of nitrogens with zero attached hydrogens (tertiary/aromatic N) is 2. The summed E-state index contributed by atoms with van der Waals surface area (Å²) in [6.45, 7) is 3.28. The monoisotopic (exact) mass is 396 g/mol. The van der Waals surface area contributed by atoms with Gasteiger partial charge in [-0.2, -0.15) is 4.34 Å². The maximum absolute atomic E-state index is 12.4. The van der Waals surface area contributed by atoms with Gasteiger partial charge in [-0.15, -0.1) is 0 Å². The Labute approximate surface area is 143 Å². The van der Waals surface area contributed by atoms with Crippen molar-refractivity contribution in [1.82, 2.24) is 8.90 Å². The zero-order chi connectivity index (χ0) is 19.4. The van der Waals surface area contributed by atoms with Crippen LogP contribution < -0.4 is 11.2 Å². The van der Waals surface area contributed by atoms with Crippen molar-refractivity contribution < 1.29 is 28.7 Å². The lowest BCUT2D eigenvalue weighted by Gasteiger charge is -2.17. The smallest absolute Gasteiger partial charge is 0.324 e. The number of rotatable bonds is 8. The number of hydrogen-bond acceptors (Lipinski definition) is 4. The third-order valence-corrected chi connectivity index (χ3v) is 5.24. The highest BCUT2D eigenvalue weighted by molar-refractivity contribution is 7.51. The fourth-order valence-electron chi connectivity index (χ4n) is 2.45. The van der Waals surface area contributed by atoms with Crippen LogP contribution in [0.5, 0.6) is 0 Å². The highest BCUT2D eigenvalue weighted by Crippen LogP contribution is 2.35. The Balaban J connectivity index is 3.37. The molecule has 0 saturated carbocycles. The SMILES string of the molecule is CCc1c(CC)n(C/C=C/CCP(=O)(O)O)c(=O)n(P(=O)(O)O)c1=O. The summed E-state index contributed by atoms with van der Waals surface area (Å²) in [5, 5.41) is 0. The molecule has 0 aliphatic heterocycles. The van der Waals surface area contributed by atoms with Crippen LogP contribution in [0.15, 0.2) is 21.7 Å². The Kier molecular flexibility index (Phi) is 7.31. The Bertz CT molecular complexity index is 858. The predicted molar refractivity (Wildman–Crippen MR) is 91.8 cm³/mol. The highest BCUT2D eigenvalue weighted by Gasteiger charge is 2.27. The molecule has 0 radical (unpaired) electrons. The molecule has 0 unspecified atom stereocenters. The van der Waals surface area contributed by atoms with Crippen molar-refractivity contribution in [3.05, 3.63) is 44.2 Å². The molecule has 25 heavy (non-hydrogen) atoms. The van der Waals surface area contributed by atoms with Crippen LogP contribution in [-0.2, 0) is 28.5 Å². The van der Waals surface area contributed by atoms with Gasteiger partial charge in [0.2, 0.25) is 0 Å². The molecule has 1 rings (SSSR count). The number of aromatic nitrogens is 2. The first kappa shape index (κ1) is 21.8. The van der Waals surface area contributed by atoms with Crippen molar-refractivity contribution >= 4 is 15.3 Å². The van der Waals surface area contributed by atoms with E-state index in [-0.39, 0.29) is 35.4 Å². The molecule has 1 heterocycles. The number of allylic oxidation sites excluding steroid dienone is 2. The van der Waals surface area contributed by atoms with Gasteiger partial charge in [0.05, 0.1) is 6.16 Å². The van der Waals surface area contributed by atoms with Gasteiger partial charge in [0.1, 0.15) is 0 Å². The van der Waals surface area contributed by atoms with E-state index in [1.807, 2.05) is 0 Å². The van der Waals surface area contributed by atoms with E-state index in [0.29, 0.717) is 12.1 Å². The Morgan fingerprint density at radius 3 is 2.04 bits per heavy atom. The minimum absolute atomic E-state index is 0.0471. The van der Waals surface area contributed by atoms with Crippen LogP contribution in [0.2, 0.25) is 0 Å². The lowest BCUT2D eigenvalue weighted by molar-refractivity contribution is 0.354. The lowest BCUT2D eigenvalue weighted by Crippen LogP contribution is -2.42. The minimum atomic E-state index is -5.11. The topological polar surface area (TPSA) is 159 Å². The van der Waals surface area contributed by atoms with E-state index in [0.717, 1.165) is 4.57 Å². The van der Waals surface area contributed by atoms with E-state index in [1.54, 1.807) is 13.8 Å². The van der Waals surface area contributed by atoms with E-state index in [1.165, 1.54) is 12.2 Å². The molecule has 0 aliphatic rings. The second-order valence-electron chi connectivity index (χ2n) is 5.30. The molecular formula is C13H22N2O8P2. The quantitative estimate of drug-likeness (QED) is 0.358. The molecule has 0 saturated heterocycles. The van der Waals surface area contributed by atoms with Crippen LogP contribution in [0.4, 0.5) is 0 Å². The molecule has 0 bridgehead atoms. The lowest BCUT2D eigenvalue weighted by atomic mass is 10.1. The van der Waals surface area contributed by atoms with Gasteiger partial charge in [0.25, 0.3) is 5.56 Å². The largest absolute Gasteiger partial charge is 0.440 e. The maximum Gasteiger partial charge on any atom is 0.440 e. The average molecular weight is 396 g/mol. The van der Waals surface area contributed by atoms with Crippen molar-refractivity contribution in [2.45, 2.75) is 39.7 Å². The molecule has 0 aliphatic carbocycles. The highest BCUT2D eigenvalue weighted by atomic mass is 31.2. The van der Waals surface area contributed by atoms with Gasteiger partial charge >= 0.3 is 21.0 Å². The van der Waals surface area contributed by atoms with E-state index in [2.05, 4.69) is 0 Å². The molecule has 0 spiro atoms. The molecule has 0 atom stereocenters. The van der Waals surface area contributed by atoms with Crippen molar-refractivity contribution in [1.29, 1.82) is 0 Å². The summed E-state index contributed by atoms with van der Waals surface area (Å²) in [5.74, 6) is 0. The zero-order valence-corrected chi connectivity index (χ0v) is 15.7. The van der Waals surface area contributed by atoms with Crippen LogP contribution in [0.3, 0.4) is 0 Å². The van der Waals surface area contributed by atoms with Crippen molar-refractivity contribution in [3.63, 3.8) is 0 Å². The fourth-order valence-corrected chi connectivity index (χ4v) is 3.62. The van der Waals surface area contributed by atoms with Gasteiger partial charge < -0.3 is 19.6 Å². The Morgan fingerprint density at radius 2 is 1.60 bits per heavy atom. The summed E-state index contributed by atoms with van der Waals surface area (Å²) in [4.78, 5) is 60.8. The van der Waals surface area contributed by atoms with Crippen LogP contribution in [0, 0.1) is 0 Å². The molecule has 4 N–H and O–H groups in total. The summed E-state index contributed by atoms with van der Waals surface area (Å²) in [6, 6.07) is 0. The molecular weight excluding hydrogens is 374 g/mol. The first-order valence-corrected chi connectivity index (χ1v) is 10.9. The molecule has 0 fully saturated rings. The predicted octanol–water partition coefficient (Wildman–Crippen LogP) is 0.200. The van der Waals surface area contributed by atoms with Gasteiger partial charge in [-0.05, 0) is 19.3 Å². The summed E-state index contributed by atoms with van der Waals surface area (Å²) in [6.07, 6.45) is 3.17. The summed E-state index contributed by atoms with van der Waals surface area (Å²) < 4.78 is 23.3. The van der Waals surface area contributed by atoms with Gasteiger partial charge in [-0.1, -0.05) is 26.0 Å². The van der Waals surface area contributed by atoms with Crippen LogP contribution in [0.1, 0.15) is 31.5 Å². The number of hydrogen-bond donors (Lipinski definition) is 4. The first-order valence-electron chi connectivity index (χ1n) is 7.57. The van der Waals surface area contributed by atoms with Gasteiger partial charge in [0.15, 0.2) is 0 Å². The third-order valence-electron chi connectivity index (χ3n) is 3.53. The molecule has 1 aromatic rings. The second kappa shape index (κ2) is 8.40. The van der Waals surface area contributed by atoms with Crippen molar-refractivity contribution in [3.8, 4) is 0 Å². The average Bonchev–Trinajstić information content (AvgIpc) is 2.45. The van der Waals surface area contributed by atoms with Crippen LogP contribution >= 0.6 is 15.3 Å². The Morgan fingerprint density at radius 1 is 1.00 bits per heavy atom. The fraction of sp³-hybridized carbons (Fsp3) is 0.538. The van der Waals surface area contributed by atoms with Crippen molar-refractivity contribution in [2.75, 3.05) is 6.16 Å². The molecule has 142 valence electrons. The van der Waals surface area contributed by atoms with Crippen LogP contribution in [0.25, 0.3) is 0 Å². The summed E-state index contributed by atoms with van der Waals surface area (Å²) in [7, 11) is -9.23. The zero-order valence-electron chi connectivity index (χ0n) is 13.9. The summed E-state index contributed by atoms with van der Waals surface area (Å²) in [5.41, 5.74) is -1.60. The third kappa shape index (κ3) is 5.60. The molecule has 0 aromatic carbocycles. The maximum atomic E-state index is 12.4. The molecule has 12 heteroatoms. The van der Waals surface area contributed by atoms with Gasteiger partial charge in [-0.3, -0.25) is 13.9 Å². The first-order chi connectivity index (χ1) is 11.4. The molecule has 0 amide bonds. The summed E-state index contributed by atoms with van der Waals surface area (Å²) >= 11 is 0. The van der Waals surface area contributed by atoms with Crippen LogP contribution in [-0.4, -0.2) is 34.6 Å². The van der Waals surface area contributed by atoms with E-state index < -0.39 is 26.6 Å². The molecule has 1 aromatic heterocycles. The minimum Gasteiger partial charge on any atom is -0.324 e. The van der Waals surface area contributed by atoms with Crippen molar-refractivity contribution in [2.24, 2.45) is 0 Å². The molecule has 10 nitrogen and oxygen atoms in total. The van der Waals surface area contributed by atoms with E-state index >= 15 is 0 Å². The standard InChI is InChI=1S/C13H22N2O8P2/c1-3-10-11(4-2)14(8-6-5-7-9-24(18,19)20)13(17)15(12(10)16)25(21,22)23/h5-6H,3-4,7-9H2,1-2H3,(H2,18,19,20)(H2,21,22,23)/b6-5+. The van der Waals surface area contributed by atoms with Gasteiger partial charge in [0, 0.05) is 17.8 Å². The van der Waals surface area contributed by atoms with E-state index in [9.17, 15) is 28.5 Å². The normalized spacial score (nSPS) is 12.9. The second-order valence-corrected chi connectivity index (χ2v) is 8.51. The Hall–Kier alpha value is -1.28.